The first-order valence-corrected chi connectivity index (χ1v) is 3.40. The third-order valence-corrected chi connectivity index (χ3v) is 1.89. The Bertz CT molecular complexity index is 134. The molecule has 0 aliphatic heterocycles. The molecule has 11 heavy (non-hydrogen) atoms. The van der Waals surface area contributed by atoms with Crippen molar-refractivity contribution in [3.05, 3.63) is 0 Å². The molecule has 6 N–H and O–H groups in total. The number of carboxylic acids is 1. The fraction of sp³-hybridized carbons (Fsp3) is 0.857. The highest BCUT2D eigenvalue weighted by atomic mass is 16.4. The van der Waals surface area contributed by atoms with Crippen LogP contribution in [0.25, 0.3) is 0 Å². The van der Waals surface area contributed by atoms with Crippen molar-refractivity contribution in [3.8, 4) is 0 Å². The van der Waals surface area contributed by atoms with Crippen LogP contribution in [0.1, 0.15) is 27.2 Å². The SMILES string of the molecule is CCC(N)C(C)(C)C(=O)[O-].[NH4+]. The van der Waals surface area contributed by atoms with Crippen LogP contribution in [0.3, 0.4) is 0 Å². The Labute approximate surface area is 67.4 Å². The molecule has 0 saturated heterocycles. The molecule has 4 heteroatoms. The molecule has 0 aromatic rings. The molecule has 1 unspecified atom stereocenters. The second-order valence-electron chi connectivity index (χ2n) is 3.02. The van der Waals surface area contributed by atoms with Crippen molar-refractivity contribution in [2.24, 2.45) is 11.1 Å². The summed E-state index contributed by atoms with van der Waals surface area (Å²) >= 11 is 0. The molecule has 0 aliphatic carbocycles. The van der Waals surface area contributed by atoms with Gasteiger partial charge in [0.15, 0.2) is 0 Å². The Morgan fingerprint density at radius 3 is 2.09 bits per heavy atom. The molecule has 0 aliphatic rings. The van der Waals surface area contributed by atoms with E-state index >= 15 is 0 Å². The average Bonchev–Trinajstić information content (AvgIpc) is 1.86. The fourth-order valence-electron chi connectivity index (χ4n) is 0.662. The Morgan fingerprint density at radius 1 is 1.64 bits per heavy atom. The monoisotopic (exact) mass is 162 g/mol. The summed E-state index contributed by atoms with van der Waals surface area (Å²) in [4.78, 5) is 10.4. The van der Waals surface area contributed by atoms with Crippen LogP contribution in [0.15, 0.2) is 0 Å². The van der Waals surface area contributed by atoms with Crippen LogP contribution in [-0.2, 0) is 4.79 Å². The van der Waals surface area contributed by atoms with Crippen LogP contribution in [0.5, 0.6) is 0 Å². The molecular formula is C7H18N2O2. The zero-order valence-corrected chi connectivity index (χ0v) is 7.68. The highest BCUT2D eigenvalue weighted by molar-refractivity contribution is 5.72. The van der Waals surface area contributed by atoms with Gasteiger partial charge in [-0.2, -0.15) is 0 Å². The molecular weight excluding hydrogens is 144 g/mol. The largest absolute Gasteiger partial charge is 0.550 e. The highest BCUT2D eigenvalue weighted by Crippen LogP contribution is 2.19. The van der Waals surface area contributed by atoms with E-state index in [-0.39, 0.29) is 12.2 Å². The minimum atomic E-state index is -1.08. The molecule has 0 amide bonds. The van der Waals surface area contributed by atoms with Crippen molar-refractivity contribution in [2.45, 2.75) is 33.2 Å². The maximum Gasteiger partial charge on any atom is 0.0486 e. The first kappa shape index (κ1) is 13.0. The molecule has 0 spiro atoms. The van der Waals surface area contributed by atoms with E-state index in [0.29, 0.717) is 6.42 Å². The van der Waals surface area contributed by atoms with Gasteiger partial charge in [-0.05, 0) is 6.42 Å². The molecule has 0 heterocycles. The Balaban J connectivity index is 0. The van der Waals surface area contributed by atoms with E-state index in [4.69, 9.17) is 5.73 Å². The molecule has 68 valence electrons. The lowest BCUT2D eigenvalue weighted by Crippen LogP contribution is -2.49. The summed E-state index contributed by atoms with van der Waals surface area (Å²) in [6.45, 7) is 5.02. The quantitative estimate of drug-likeness (QED) is 0.604. The molecule has 0 rings (SSSR count). The number of rotatable bonds is 3. The standard InChI is InChI=1S/C7H15NO2.H3N/c1-4-5(8)7(2,3)6(9)10;/h5H,4,8H2,1-3H3,(H,9,10);1H3. The van der Waals surface area contributed by atoms with E-state index < -0.39 is 11.4 Å². The van der Waals surface area contributed by atoms with Gasteiger partial charge in [-0.15, -0.1) is 0 Å². The predicted octanol–water partition coefficient (Wildman–Crippen LogP) is -0.124. The van der Waals surface area contributed by atoms with E-state index in [9.17, 15) is 9.90 Å². The number of quaternary nitrogens is 1. The van der Waals surface area contributed by atoms with Crippen molar-refractivity contribution in [1.82, 2.24) is 6.15 Å². The third-order valence-electron chi connectivity index (χ3n) is 1.89. The maximum atomic E-state index is 10.4. The number of carbonyl (C=O) groups excluding carboxylic acids is 1. The second kappa shape index (κ2) is 4.31. The van der Waals surface area contributed by atoms with E-state index in [1.165, 1.54) is 0 Å². The van der Waals surface area contributed by atoms with Gasteiger partial charge in [0.1, 0.15) is 0 Å². The molecule has 0 saturated carbocycles. The number of carboxylic acid groups (broad SMARTS) is 1. The summed E-state index contributed by atoms with van der Waals surface area (Å²) in [6.07, 6.45) is 0.654. The second-order valence-corrected chi connectivity index (χ2v) is 3.02. The fourth-order valence-corrected chi connectivity index (χ4v) is 0.662. The van der Waals surface area contributed by atoms with Crippen LogP contribution in [-0.4, -0.2) is 12.0 Å². The van der Waals surface area contributed by atoms with Gasteiger partial charge in [0.25, 0.3) is 0 Å². The maximum absolute atomic E-state index is 10.4. The molecule has 0 aromatic heterocycles. The van der Waals surface area contributed by atoms with Crippen LogP contribution >= 0.6 is 0 Å². The van der Waals surface area contributed by atoms with Gasteiger partial charge in [-0.3, -0.25) is 0 Å². The molecule has 0 aromatic carbocycles. The van der Waals surface area contributed by atoms with Crippen molar-refractivity contribution in [1.29, 1.82) is 0 Å². The van der Waals surface area contributed by atoms with Gasteiger partial charge in [0, 0.05) is 17.4 Å². The summed E-state index contributed by atoms with van der Waals surface area (Å²) in [7, 11) is 0. The van der Waals surface area contributed by atoms with Gasteiger partial charge >= 0.3 is 0 Å². The summed E-state index contributed by atoms with van der Waals surface area (Å²) < 4.78 is 0. The molecule has 0 bridgehead atoms. The number of hydrogen-bond donors (Lipinski definition) is 2. The van der Waals surface area contributed by atoms with Gasteiger partial charge < -0.3 is 21.8 Å². The van der Waals surface area contributed by atoms with E-state index in [1.54, 1.807) is 13.8 Å². The predicted molar refractivity (Wildman–Crippen MR) is 43.0 cm³/mol. The van der Waals surface area contributed by atoms with Crippen molar-refractivity contribution in [3.63, 3.8) is 0 Å². The Morgan fingerprint density at radius 2 is 2.00 bits per heavy atom. The first-order valence-electron chi connectivity index (χ1n) is 3.40. The number of aliphatic carboxylic acids is 1. The van der Waals surface area contributed by atoms with Crippen LogP contribution < -0.4 is 17.0 Å². The number of hydrogen-bond acceptors (Lipinski definition) is 3. The molecule has 0 radical (unpaired) electrons. The summed E-state index contributed by atoms with van der Waals surface area (Å²) in [6, 6.07) is -0.322. The third kappa shape index (κ3) is 2.86. The first-order chi connectivity index (χ1) is 4.42. The zero-order chi connectivity index (χ0) is 8.36. The summed E-state index contributed by atoms with van der Waals surface area (Å²) in [5, 5.41) is 10.4. The smallest absolute Gasteiger partial charge is 0.0486 e. The lowest BCUT2D eigenvalue weighted by atomic mass is 9.84. The topological polar surface area (TPSA) is 103 Å². The average molecular weight is 162 g/mol. The normalized spacial score (nSPS) is 13.5. The van der Waals surface area contributed by atoms with Crippen LogP contribution in [0, 0.1) is 5.41 Å². The number of carbonyl (C=O) groups is 1. The summed E-state index contributed by atoms with van der Waals surface area (Å²) in [5.41, 5.74) is 4.62. The van der Waals surface area contributed by atoms with E-state index in [0.717, 1.165) is 0 Å². The Kier molecular flexibility index (Phi) is 5.09. The van der Waals surface area contributed by atoms with Gasteiger partial charge in [0.05, 0.1) is 0 Å². The van der Waals surface area contributed by atoms with Crippen LogP contribution in [0.2, 0.25) is 0 Å². The van der Waals surface area contributed by atoms with Crippen molar-refractivity contribution < 1.29 is 9.90 Å². The van der Waals surface area contributed by atoms with Gasteiger partial charge in [-0.1, -0.05) is 20.8 Å². The summed E-state index contributed by atoms with van der Waals surface area (Å²) in [5.74, 6) is -1.08. The lowest BCUT2D eigenvalue weighted by molar-refractivity contribution is -0.318. The minimum Gasteiger partial charge on any atom is -0.550 e. The molecule has 0 fully saturated rings. The highest BCUT2D eigenvalue weighted by Gasteiger charge is 2.25. The molecule has 4 nitrogen and oxygen atoms in total. The van der Waals surface area contributed by atoms with Crippen molar-refractivity contribution >= 4 is 5.97 Å². The van der Waals surface area contributed by atoms with Crippen LogP contribution in [0.4, 0.5) is 0 Å². The number of nitrogens with two attached hydrogens (primary N) is 1. The van der Waals surface area contributed by atoms with E-state index in [1.807, 2.05) is 6.92 Å². The van der Waals surface area contributed by atoms with Crippen molar-refractivity contribution in [2.75, 3.05) is 0 Å². The molecule has 1 atom stereocenters. The zero-order valence-electron chi connectivity index (χ0n) is 7.68. The van der Waals surface area contributed by atoms with Gasteiger partial charge in [-0.25, -0.2) is 0 Å². The lowest BCUT2D eigenvalue weighted by Gasteiger charge is -2.31. The van der Waals surface area contributed by atoms with E-state index in [2.05, 4.69) is 0 Å². The van der Waals surface area contributed by atoms with Gasteiger partial charge in [0.2, 0.25) is 0 Å². The Hall–Kier alpha value is -0.610. The minimum absolute atomic E-state index is 0.